The maximum Gasteiger partial charge on any atom is 0.137 e. The second kappa shape index (κ2) is 9.82. The van der Waals surface area contributed by atoms with Crippen LogP contribution in [-0.4, -0.2) is 42.7 Å². The van der Waals surface area contributed by atoms with Crippen LogP contribution in [0.1, 0.15) is 11.1 Å². The van der Waals surface area contributed by atoms with E-state index in [0.717, 1.165) is 17.7 Å². The maximum absolute atomic E-state index is 14.5. The number of likely N-dealkylation sites (N-methyl/N-ethyl adjacent to an activating group) is 1. The summed E-state index contributed by atoms with van der Waals surface area (Å²) in [6, 6.07) is 10.5. The normalized spacial score (nSPS) is 13.1. The van der Waals surface area contributed by atoms with Crippen molar-refractivity contribution in [2.24, 2.45) is 0 Å². The summed E-state index contributed by atoms with van der Waals surface area (Å²) in [5, 5.41) is 16.0. The Balaban J connectivity index is 1.78. The second-order valence-corrected chi connectivity index (χ2v) is 8.77. The molecule has 10 heteroatoms. The van der Waals surface area contributed by atoms with Crippen molar-refractivity contribution in [3.8, 4) is 0 Å². The molecule has 1 unspecified atom stereocenters. The van der Waals surface area contributed by atoms with Gasteiger partial charge in [0.25, 0.3) is 0 Å². The summed E-state index contributed by atoms with van der Waals surface area (Å²) in [5.74, 6) is -1.02. The molecule has 1 aromatic heterocycles. The van der Waals surface area contributed by atoms with E-state index >= 15 is 0 Å². The number of thiocarbonyl (C=S) groups is 1. The molecule has 0 bridgehead atoms. The number of hydrogen-bond acceptors (Lipinski definition) is 5. The fourth-order valence-electron chi connectivity index (χ4n) is 2.99. The van der Waals surface area contributed by atoms with Crippen molar-refractivity contribution < 1.29 is 13.9 Å². The van der Waals surface area contributed by atoms with Crippen LogP contribution in [0.3, 0.4) is 0 Å². The molecular formula is C20H19ClF2N4OS2. The van der Waals surface area contributed by atoms with Crippen molar-refractivity contribution >= 4 is 39.9 Å². The monoisotopic (exact) mass is 468 g/mol. The van der Waals surface area contributed by atoms with Crippen molar-refractivity contribution in [2.75, 3.05) is 13.6 Å². The molecule has 3 rings (SSSR count). The van der Waals surface area contributed by atoms with Crippen LogP contribution in [-0.2, 0) is 17.9 Å². The van der Waals surface area contributed by atoms with E-state index in [9.17, 15) is 13.9 Å². The Morgan fingerprint density at radius 3 is 2.73 bits per heavy atom. The van der Waals surface area contributed by atoms with E-state index in [-0.39, 0.29) is 18.7 Å². The summed E-state index contributed by atoms with van der Waals surface area (Å²) in [4.78, 5) is 5.50. The summed E-state index contributed by atoms with van der Waals surface area (Å²) in [7, 11) is 1.70. The first-order valence-corrected chi connectivity index (χ1v) is 10.7. The zero-order valence-electron chi connectivity index (χ0n) is 16.0. The first kappa shape index (κ1) is 22.6. The van der Waals surface area contributed by atoms with Crippen LogP contribution in [0.5, 0.6) is 0 Å². The van der Waals surface area contributed by atoms with Gasteiger partial charge < -0.3 is 10.0 Å². The smallest absolute Gasteiger partial charge is 0.137 e. The van der Waals surface area contributed by atoms with Crippen molar-refractivity contribution in [2.45, 2.75) is 17.9 Å². The summed E-state index contributed by atoms with van der Waals surface area (Å²) < 4.78 is 29.8. The summed E-state index contributed by atoms with van der Waals surface area (Å²) in [5.41, 5.74) is -0.845. The number of halogens is 3. The van der Waals surface area contributed by atoms with Crippen LogP contribution in [0.2, 0.25) is 5.02 Å². The summed E-state index contributed by atoms with van der Waals surface area (Å²) in [6.07, 6.45) is 2.73. The van der Waals surface area contributed by atoms with Gasteiger partial charge in [0.15, 0.2) is 0 Å². The first-order valence-electron chi connectivity index (χ1n) is 8.90. The number of benzene rings is 2. The van der Waals surface area contributed by atoms with E-state index in [2.05, 4.69) is 10.1 Å². The van der Waals surface area contributed by atoms with Gasteiger partial charge in [-0.25, -0.2) is 18.4 Å². The van der Waals surface area contributed by atoms with Gasteiger partial charge in [-0.2, -0.15) is 5.10 Å². The van der Waals surface area contributed by atoms with Gasteiger partial charge in [-0.3, -0.25) is 0 Å². The number of rotatable bonds is 7. The third-order valence-electron chi connectivity index (χ3n) is 4.44. The summed E-state index contributed by atoms with van der Waals surface area (Å²) >= 11 is 13.0. The van der Waals surface area contributed by atoms with Crippen LogP contribution in [0.15, 0.2) is 55.1 Å². The second-order valence-electron chi connectivity index (χ2n) is 6.75. The van der Waals surface area contributed by atoms with E-state index in [0.29, 0.717) is 15.1 Å². The number of thioether (sulfide) groups is 1. The first-order chi connectivity index (χ1) is 14.3. The molecule has 0 amide bonds. The third-order valence-corrected chi connectivity index (χ3v) is 6.49. The van der Waals surface area contributed by atoms with Crippen LogP contribution < -0.4 is 0 Å². The van der Waals surface area contributed by atoms with Crippen molar-refractivity contribution in [3.05, 3.63) is 82.9 Å². The molecule has 1 heterocycles. The van der Waals surface area contributed by atoms with Crippen LogP contribution >= 0.6 is 35.6 Å². The van der Waals surface area contributed by atoms with E-state index in [1.807, 2.05) is 18.2 Å². The Hall–Kier alpha value is -2.07. The Labute approximate surface area is 187 Å². The molecule has 0 fully saturated rings. The fraction of sp³-hybridized carbons (Fsp3) is 0.250. The van der Waals surface area contributed by atoms with E-state index in [1.165, 1.54) is 35.2 Å². The van der Waals surface area contributed by atoms with Crippen LogP contribution in [0.4, 0.5) is 8.78 Å². The number of aromatic nitrogens is 3. The lowest BCUT2D eigenvalue weighted by Crippen LogP contribution is -2.44. The Bertz CT molecular complexity index is 1020. The Morgan fingerprint density at radius 2 is 2.07 bits per heavy atom. The maximum atomic E-state index is 14.5. The topological polar surface area (TPSA) is 54.2 Å². The molecule has 1 atom stereocenters. The molecular weight excluding hydrogens is 450 g/mol. The lowest BCUT2D eigenvalue weighted by molar-refractivity contribution is -0.00240. The molecule has 158 valence electrons. The molecule has 3 aromatic rings. The molecule has 0 spiro atoms. The zero-order valence-corrected chi connectivity index (χ0v) is 18.4. The number of nitrogens with zero attached hydrogens (tertiary/aromatic N) is 4. The van der Waals surface area contributed by atoms with Gasteiger partial charge in [-0.15, -0.1) is 0 Å². The lowest BCUT2D eigenvalue weighted by atomic mass is 9.92. The van der Waals surface area contributed by atoms with Crippen LogP contribution in [0.25, 0.3) is 0 Å². The zero-order chi connectivity index (χ0) is 21.7. The van der Waals surface area contributed by atoms with Gasteiger partial charge in [0, 0.05) is 29.5 Å². The molecule has 0 aliphatic heterocycles. The Morgan fingerprint density at radius 1 is 1.30 bits per heavy atom. The highest BCUT2D eigenvalue weighted by Gasteiger charge is 2.35. The number of hydrogen-bond donors (Lipinski definition) is 1. The standard InChI is InChI=1S/C20H19ClF2N4OS2/c1-26(19(29)30-9-14-4-2-3-5-17(14)21)10-20(28,11-27-13-24-12-25-27)16-7-6-15(22)8-18(16)23/h2-8,12-13,28H,9-11H2,1H3. The van der Waals surface area contributed by atoms with Crippen molar-refractivity contribution in [1.82, 2.24) is 19.7 Å². The molecule has 0 radical (unpaired) electrons. The van der Waals surface area contributed by atoms with Gasteiger partial charge in [0.1, 0.15) is 34.2 Å². The molecule has 30 heavy (non-hydrogen) atoms. The average Bonchev–Trinajstić information content (AvgIpc) is 3.19. The predicted octanol–water partition coefficient (Wildman–Crippen LogP) is 4.25. The molecule has 2 aromatic carbocycles. The largest absolute Gasteiger partial charge is 0.381 e. The SMILES string of the molecule is CN(CC(O)(Cn1cncn1)c1ccc(F)cc1F)C(=S)SCc1ccccc1Cl. The van der Waals surface area contributed by atoms with E-state index < -0.39 is 17.2 Å². The Kier molecular flexibility index (Phi) is 7.41. The highest BCUT2D eigenvalue weighted by Crippen LogP contribution is 2.29. The van der Waals surface area contributed by atoms with Gasteiger partial charge in [0.05, 0.1) is 13.1 Å². The average molecular weight is 469 g/mol. The van der Waals surface area contributed by atoms with E-state index in [4.69, 9.17) is 23.8 Å². The van der Waals surface area contributed by atoms with Gasteiger partial charge in [-0.05, 0) is 17.7 Å². The van der Waals surface area contributed by atoms with Crippen molar-refractivity contribution in [3.63, 3.8) is 0 Å². The van der Waals surface area contributed by atoms with Gasteiger partial charge in [0.2, 0.25) is 0 Å². The minimum Gasteiger partial charge on any atom is -0.381 e. The quantitative estimate of drug-likeness (QED) is 0.523. The van der Waals surface area contributed by atoms with Gasteiger partial charge >= 0.3 is 0 Å². The minimum atomic E-state index is -1.73. The minimum absolute atomic E-state index is 0.0379. The molecule has 0 aliphatic carbocycles. The lowest BCUT2D eigenvalue weighted by Gasteiger charge is -2.34. The molecule has 1 N–H and O–H groups in total. The predicted molar refractivity (Wildman–Crippen MR) is 118 cm³/mol. The molecule has 5 nitrogen and oxygen atoms in total. The molecule has 0 saturated carbocycles. The summed E-state index contributed by atoms with van der Waals surface area (Å²) in [6.45, 7) is -0.124. The van der Waals surface area contributed by atoms with E-state index in [1.54, 1.807) is 18.0 Å². The van der Waals surface area contributed by atoms with Crippen LogP contribution in [0, 0.1) is 11.6 Å². The number of aliphatic hydroxyl groups is 1. The molecule has 0 saturated heterocycles. The van der Waals surface area contributed by atoms with Crippen molar-refractivity contribution in [1.29, 1.82) is 0 Å². The highest BCUT2D eigenvalue weighted by molar-refractivity contribution is 8.22. The third kappa shape index (κ3) is 5.54. The highest BCUT2D eigenvalue weighted by atomic mass is 35.5. The van der Waals surface area contributed by atoms with Gasteiger partial charge in [-0.1, -0.05) is 59.8 Å². The molecule has 0 aliphatic rings. The fourth-order valence-corrected chi connectivity index (χ4v) is 4.33.